The van der Waals surface area contributed by atoms with Crippen LogP contribution in [0.4, 0.5) is 4.39 Å². The zero-order valence-corrected chi connectivity index (χ0v) is 14.3. The first kappa shape index (κ1) is 17.3. The number of methoxy groups -OCH3 is 1. The maximum Gasteiger partial charge on any atom is 0.250 e. The third kappa shape index (κ3) is 3.44. The van der Waals surface area contributed by atoms with Crippen LogP contribution in [0.15, 0.2) is 22.6 Å². The summed E-state index contributed by atoms with van der Waals surface area (Å²) in [5.41, 5.74) is -0.225. The first-order valence-electron chi connectivity index (χ1n) is 7.61. The Kier molecular flexibility index (Phi) is 5.15. The number of hydrogen-bond acceptors (Lipinski definition) is 6. The molecule has 24 heavy (non-hydrogen) atoms. The largest absolute Gasteiger partial charge is 0.421 e. The van der Waals surface area contributed by atoms with Gasteiger partial charge in [-0.2, -0.15) is 0 Å². The molecule has 0 saturated carbocycles. The van der Waals surface area contributed by atoms with Gasteiger partial charge in [0.15, 0.2) is 5.60 Å². The van der Waals surface area contributed by atoms with E-state index in [1.807, 2.05) is 11.9 Å². The van der Waals surface area contributed by atoms with Gasteiger partial charge in [-0.25, -0.2) is 4.39 Å². The summed E-state index contributed by atoms with van der Waals surface area (Å²) in [5.74, 6) is 0.514. The van der Waals surface area contributed by atoms with Gasteiger partial charge in [0.25, 0.3) is 5.89 Å². The van der Waals surface area contributed by atoms with Gasteiger partial charge >= 0.3 is 0 Å². The lowest BCUT2D eigenvalue weighted by Gasteiger charge is -2.20. The predicted molar refractivity (Wildman–Crippen MR) is 85.0 cm³/mol. The predicted octanol–water partition coefficient (Wildman–Crippen LogP) is 2.76. The third-order valence-electron chi connectivity index (χ3n) is 4.13. The van der Waals surface area contributed by atoms with Crippen LogP contribution in [0.3, 0.4) is 0 Å². The molecule has 0 N–H and O–H groups in total. The normalized spacial score (nSPS) is 20.9. The second kappa shape index (κ2) is 7.14. The minimum atomic E-state index is -0.668. The number of rotatable bonds is 6. The van der Waals surface area contributed by atoms with Crippen molar-refractivity contribution in [3.8, 4) is 0 Å². The number of aromatic nitrogens is 2. The summed E-state index contributed by atoms with van der Waals surface area (Å²) >= 11 is 6.06. The van der Waals surface area contributed by atoms with E-state index in [-0.39, 0.29) is 5.82 Å². The van der Waals surface area contributed by atoms with Gasteiger partial charge in [0.2, 0.25) is 5.89 Å². The number of ether oxygens (including phenoxy) is 2. The average Bonchev–Trinajstić information content (AvgIpc) is 3.21. The van der Waals surface area contributed by atoms with E-state index < -0.39 is 5.60 Å². The molecule has 1 atom stereocenters. The van der Waals surface area contributed by atoms with Crippen molar-refractivity contribution in [2.75, 3.05) is 27.4 Å². The molecule has 1 aliphatic heterocycles. The molecule has 8 heteroatoms. The molecule has 6 nitrogen and oxygen atoms in total. The summed E-state index contributed by atoms with van der Waals surface area (Å²) in [6, 6.07) is 4.64. The lowest BCUT2D eigenvalue weighted by molar-refractivity contribution is -0.0419. The van der Waals surface area contributed by atoms with Gasteiger partial charge in [-0.1, -0.05) is 17.7 Å². The smallest absolute Gasteiger partial charge is 0.250 e. The van der Waals surface area contributed by atoms with Crippen molar-refractivity contribution < 1.29 is 18.3 Å². The molecule has 0 aliphatic carbocycles. The lowest BCUT2D eigenvalue weighted by Crippen LogP contribution is -2.29. The molecule has 0 spiro atoms. The molecule has 2 heterocycles. The second-order valence-electron chi connectivity index (χ2n) is 5.87. The van der Waals surface area contributed by atoms with E-state index in [4.69, 9.17) is 25.5 Å². The van der Waals surface area contributed by atoms with E-state index in [9.17, 15) is 4.39 Å². The summed E-state index contributed by atoms with van der Waals surface area (Å²) in [6.45, 7) is 1.70. The van der Waals surface area contributed by atoms with Crippen molar-refractivity contribution in [1.29, 1.82) is 0 Å². The van der Waals surface area contributed by atoms with Crippen molar-refractivity contribution in [2.45, 2.75) is 25.1 Å². The quantitative estimate of drug-likeness (QED) is 0.794. The fraction of sp³-hybridized carbons (Fsp3) is 0.500. The third-order valence-corrected chi connectivity index (χ3v) is 4.48. The molecule has 1 unspecified atom stereocenters. The molecule has 2 aromatic rings. The molecule has 0 bridgehead atoms. The lowest BCUT2D eigenvalue weighted by atomic mass is 10.0. The molecular formula is C16H19ClFN3O3. The van der Waals surface area contributed by atoms with Gasteiger partial charge in [0.1, 0.15) is 5.82 Å². The molecule has 0 radical (unpaired) electrons. The summed E-state index contributed by atoms with van der Waals surface area (Å²) in [6.07, 6.45) is 0.672. The van der Waals surface area contributed by atoms with Crippen LogP contribution in [0.2, 0.25) is 5.02 Å². The van der Waals surface area contributed by atoms with Crippen LogP contribution >= 0.6 is 11.6 Å². The summed E-state index contributed by atoms with van der Waals surface area (Å²) in [4.78, 5) is 1.85. The molecule has 1 aliphatic rings. The zero-order valence-electron chi connectivity index (χ0n) is 13.6. The molecule has 130 valence electrons. The molecule has 1 aromatic heterocycles. The first-order valence-corrected chi connectivity index (χ1v) is 7.99. The van der Waals surface area contributed by atoms with E-state index in [1.54, 1.807) is 19.2 Å². The molecule has 3 rings (SSSR count). The first-order chi connectivity index (χ1) is 11.5. The summed E-state index contributed by atoms with van der Waals surface area (Å²) in [7, 11) is 3.43. The minimum absolute atomic E-state index is 0.331. The van der Waals surface area contributed by atoms with Crippen LogP contribution < -0.4 is 0 Å². The number of halogens is 2. The topological polar surface area (TPSA) is 60.6 Å². The van der Waals surface area contributed by atoms with Crippen molar-refractivity contribution in [2.24, 2.45) is 0 Å². The Bertz CT molecular complexity index is 683. The highest BCUT2D eigenvalue weighted by atomic mass is 35.5. The van der Waals surface area contributed by atoms with Crippen LogP contribution in [-0.2, 0) is 28.2 Å². The van der Waals surface area contributed by atoms with Crippen LogP contribution in [0.25, 0.3) is 0 Å². The van der Waals surface area contributed by atoms with Gasteiger partial charge in [0, 0.05) is 30.7 Å². The van der Waals surface area contributed by atoms with Gasteiger partial charge in [0.05, 0.1) is 19.8 Å². The van der Waals surface area contributed by atoms with Gasteiger partial charge < -0.3 is 13.9 Å². The zero-order chi connectivity index (χ0) is 17.2. The summed E-state index contributed by atoms with van der Waals surface area (Å²) in [5, 5.41) is 8.55. The van der Waals surface area contributed by atoms with Crippen LogP contribution in [0.5, 0.6) is 0 Å². The number of benzene rings is 1. The van der Waals surface area contributed by atoms with Crippen LogP contribution in [-0.4, -0.2) is 42.5 Å². The van der Waals surface area contributed by atoms with Crippen molar-refractivity contribution in [3.63, 3.8) is 0 Å². The molecule has 1 fully saturated rings. The monoisotopic (exact) mass is 355 g/mol. The standard InChI is InChI=1S/C16H19ClFN3O3/c1-21(8-11-12(17)4-3-5-13(11)18)9-14-19-20-15(24-14)16(22-2)6-7-23-10-16/h3-5H,6-10H2,1-2H3. The maximum absolute atomic E-state index is 13.9. The van der Waals surface area contributed by atoms with E-state index in [1.165, 1.54) is 6.07 Å². The Labute approximate surface area is 144 Å². The second-order valence-corrected chi connectivity index (χ2v) is 6.28. The van der Waals surface area contributed by atoms with Crippen molar-refractivity contribution in [3.05, 3.63) is 46.4 Å². The van der Waals surface area contributed by atoms with Gasteiger partial charge in [-0.3, -0.25) is 4.90 Å². The Balaban J connectivity index is 1.68. The highest BCUT2D eigenvalue weighted by Gasteiger charge is 2.42. The molecule has 1 aromatic carbocycles. The van der Waals surface area contributed by atoms with E-state index in [0.717, 1.165) is 0 Å². The fourth-order valence-corrected chi connectivity index (χ4v) is 2.93. The molecule has 0 amide bonds. The highest BCUT2D eigenvalue weighted by molar-refractivity contribution is 6.31. The van der Waals surface area contributed by atoms with Crippen LogP contribution in [0.1, 0.15) is 23.8 Å². The van der Waals surface area contributed by atoms with Crippen LogP contribution in [0, 0.1) is 5.82 Å². The van der Waals surface area contributed by atoms with Gasteiger partial charge in [-0.15, -0.1) is 10.2 Å². The average molecular weight is 356 g/mol. The fourth-order valence-electron chi connectivity index (χ4n) is 2.70. The maximum atomic E-state index is 13.9. The van der Waals surface area contributed by atoms with E-state index in [0.29, 0.717) is 55.1 Å². The van der Waals surface area contributed by atoms with Crippen molar-refractivity contribution >= 4 is 11.6 Å². The minimum Gasteiger partial charge on any atom is -0.421 e. The Morgan fingerprint density at radius 3 is 2.88 bits per heavy atom. The Morgan fingerprint density at radius 2 is 2.21 bits per heavy atom. The van der Waals surface area contributed by atoms with Crippen molar-refractivity contribution in [1.82, 2.24) is 15.1 Å². The highest BCUT2D eigenvalue weighted by Crippen LogP contribution is 2.33. The summed E-state index contributed by atoms with van der Waals surface area (Å²) < 4.78 is 30.5. The van der Waals surface area contributed by atoms with E-state index >= 15 is 0 Å². The molecular weight excluding hydrogens is 337 g/mol. The van der Waals surface area contributed by atoms with E-state index in [2.05, 4.69) is 10.2 Å². The molecule has 1 saturated heterocycles. The number of hydrogen-bond donors (Lipinski definition) is 0. The van der Waals surface area contributed by atoms with Gasteiger partial charge in [-0.05, 0) is 19.2 Å². The number of nitrogens with zero attached hydrogens (tertiary/aromatic N) is 3. The Hall–Kier alpha value is -1.54. The SMILES string of the molecule is COC1(c2nnc(CN(C)Cc3c(F)cccc3Cl)o2)CCOC1. The Morgan fingerprint density at radius 1 is 1.38 bits per heavy atom.